The molecule has 1 atom stereocenters. The van der Waals surface area contributed by atoms with E-state index < -0.39 is 12.0 Å². The third-order valence-electron chi connectivity index (χ3n) is 3.08. The second kappa shape index (κ2) is 7.14. The minimum Gasteiger partial charge on any atom is -0.480 e. The Hall–Kier alpha value is -0.260. The molecule has 0 aromatic rings. The molecule has 0 bridgehead atoms. The Morgan fingerprint density at radius 1 is 1.56 bits per heavy atom. The van der Waals surface area contributed by atoms with Crippen molar-refractivity contribution >= 4 is 17.7 Å². The maximum Gasteiger partial charge on any atom is 0.323 e. The van der Waals surface area contributed by atoms with E-state index in [1.165, 1.54) is 12.8 Å². The molecule has 1 fully saturated rings. The summed E-state index contributed by atoms with van der Waals surface area (Å²) in [6.07, 6.45) is 7.10. The van der Waals surface area contributed by atoms with Crippen LogP contribution in [0.1, 0.15) is 32.1 Å². The van der Waals surface area contributed by atoms with Gasteiger partial charge >= 0.3 is 5.97 Å². The molecule has 4 nitrogen and oxygen atoms in total. The van der Waals surface area contributed by atoms with E-state index in [4.69, 9.17) is 4.84 Å². The SMILES string of the molecule is CON(C1CCCC1)[C@@H](CCSC)C(=O)O. The van der Waals surface area contributed by atoms with Crippen molar-refractivity contribution in [1.29, 1.82) is 0 Å². The maximum atomic E-state index is 11.2. The number of carboxylic acids is 1. The highest BCUT2D eigenvalue weighted by atomic mass is 32.2. The van der Waals surface area contributed by atoms with Crippen LogP contribution in [0.5, 0.6) is 0 Å². The molecule has 0 unspecified atom stereocenters. The highest BCUT2D eigenvalue weighted by Crippen LogP contribution is 2.26. The molecule has 0 saturated heterocycles. The van der Waals surface area contributed by atoms with Crippen LogP contribution in [-0.4, -0.2) is 47.3 Å². The Labute approximate surface area is 101 Å². The lowest BCUT2D eigenvalue weighted by molar-refractivity contribution is -0.202. The Bertz CT molecular complexity index is 219. The van der Waals surface area contributed by atoms with E-state index in [9.17, 15) is 9.90 Å². The van der Waals surface area contributed by atoms with E-state index in [1.54, 1.807) is 23.9 Å². The van der Waals surface area contributed by atoms with Gasteiger partial charge in [0.15, 0.2) is 0 Å². The third kappa shape index (κ3) is 3.64. The highest BCUT2D eigenvalue weighted by Gasteiger charge is 2.33. The molecule has 5 heteroatoms. The van der Waals surface area contributed by atoms with Crippen LogP contribution in [0, 0.1) is 0 Å². The minimum atomic E-state index is -0.775. The molecular formula is C11H21NO3S. The van der Waals surface area contributed by atoms with Gasteiger partial charge in [0.05, 0.1) is 7.11 Å². The zero-order valence-electron chi connectivity index (χ0n) is 10.0. The van der Waals surface area contributed by atoms with Crippen LogP contribution >= 0.6 is 11.8 Å². The molecule has 0 aromatic heterocycles. The van der Waals surface area contributed by atoms with Gasteiger partial charge in [-0.05, 0) is 31.3 Å². The van der Waals surface area contributed by atoms with Gasteiger partial charge in [0.25, 0.3) is 0 Å². The first-order chi connectivity index (χ1) is 7.70. The molecule has 0 aromatic carbocycles. The number of hydroxylamine groups is 2. The van der Waals surface area contributed by atoms with Gasteiger partial charge < -0.3 is 9.94 Å². The fourth-order valence-electron chi connectivity index (χ4n) is 2.28. The van der Waals surface area contributed by atoms with Gasteiger partial charge in [0, 0.05) is 6.04 Å². The van der Waals surface area contributed by atoms with E-state index >= 15 is 0 Å². The number of rotatable bonds is 7. The van der Waals surface area contributed by atoms with E-state index in [-0.39, 0.29) is 6.04 Å². The smallest absolute Gasteiger partial charge is 0.323 e. The summed E-state index contributed by atoms with van der Waals surface area (Å²) in [5, 5.41) is 10.9. The van der Waals surface area contributed by atoms with Crippen molar-refractivity contribution < 1.29 is 14.7 Å². The quantitative estimate of drug-likeness (QED) is 0.697. The molecule has 0 amide bonds. The minimum absolute atomic E-state index is 0.285. The first-order valence-electron chi connectivity index (χ1n) is 5.75. The first-order valence-corrected chi connectivity index (χ1v) is 7.14. The summed E-state index contributed by atoms with van der Waals surface area (Å²) < 4.78 is 0. The molecule has 94 valence electrons. The number of thioether (sulfide) groups is 1. The zero-order valence-corrected chi connectivity index (χ0v) is 10.8. The van der Waals surface area contributed by atoms with Crippen LogP contribution in [0.25, 0.3) is 0 Å². The van der Waals surface area contributed by atoms with Gasteiger partial charge in [-0.2, -0.15) is 16.8 Å². The van der Waals surface area contributed by atoms with Gasteiger partial charge in [-0.1, -0.05) is 12.8 Å². The van der Waals surface area contributed by atoms with Gasteiger partial charge in [0.1, 0.15) is 6.04 Å². The van der Waals surface area contributed by atoms with Crippen molar-refractivity contribution in [1.82, 2.24) is 5.06 Å². The monoisotopic (exact) mass is 247 g/mol. The van der Waals surface area contributed by atoms with Crippen molar-refractivity contribution in [2.24, 2.45) is 0 Å². The summed E-state index contributed by atoms with van der Waals surface area (Å²) in [5.41, 5.74) is 0. The third-order valence-corrected chi connectivity index (χ3v) is 3.73. The first kappa shape index (κ1) is 13.8. The van der Waals surface area contributed by atoms with Crippen LogP contribution in [-0.2, 0) is 9.63 Å². The maximum absolute atomic E-state index is 11.2. The predicted octanol–water partition coefficient (Wildman–Crippen LogP) is 2.00. The lowest BCUT2D eigenvalue weighted by Gasteiger charge is -2.31. The van der Waals surface area contributed by atoms with Gasteiger partial charge in [0.2, 0.25) is 0 Å². The predicted molar refractivity (Wildman–Crippen MR) is 65.5 cm³/mol. The molecule has 0 spiro atoms. The fourth-order valence-corrected chi connectivity index (χ4v) is 2.74. The molecule has 0 aliphatic heterocycles. The topological polar surface area (TPSA) is 49.8 Å². The molecule has 1 aliphatic rings. The molecule has 1 aliphatic carbocycles. The van der Waals surface area contributed by atoms with Gasteiger partial charge in [-0.3, -0.25) is 4.79 Å². The Morgan fingerprint density at radius 3 is 2.62 bits per heavy atom. The Morgan fingerprint density at radius 2 is 2.19 bits per heavy atom. The number of hydrogen-bond donors (Lipinski definition) is 1. The van der Waals surface area contributed by atoms with Crippen molar-refractivity contribution in [2.45, 2.75) is 44.2 Å². The molecular weight excluding hydrogens is 226 g/mol. The Kier molecular flexibility index (Phi) is 6.16. The highest BCUT2D eigenvalue weighted by molar-refractivity contribution is 7.98. The summed E-state index contributed by atoms with van der Waals surface area (Å²) >= 11 is 1.67. The van der Waals surface area contributed by atoms with Gasteiger partial charge in [-0.25, -0.2) is 0 Å². The molecule has 0 radical (unpaired) electrons. The summed E-state index contributed by atoms with van der Waals surface area (Å²) in [6.45, 7) is 0. The number of nitrogens with zero attached hydrogens (tertiary/aromatic N) is 1. The molecule has 1 rings (SSSR count). The van der Waals surface area contributed by atoms with Gasteiger partial charge in [-0.15, -0.1) is 0 Å². The summed E-state index contributed by atoms with van der Waals surface area (Å²) in [5.74, 6) is 0.0756. The Balaban J connectivity index is 2.60. The lowest BCUT2D eigenvalue weighted by atomic mass is 10.1. The van der Waals surface area contributed by atoms with Crippen LogP contribution in [0.2, 0.25) is 0 Å². The van der Waals surface area contributed by atoms with Crippen LogP contribution in [0.3, 0.4) is 0 Å². The van der Waals surface area contributed by atoms with Crippen molar-refractivity contribution in [3.05, 3.63) is 0 Å². The number of carbonyl (C=O) groups is 1. The fraction of sp³-hybridized carbons (Fsp3) is 0.909. The van der Waals surface area contributed by atoms with Crippen LogP contribution in [0.4, 0.5) is 0 Å². The van der Waals surface area contributed by atoms with Crippen molar-refractivity contribution in [2.75, 3.05) is 19.1 Å². The lowest BCUT2D eigenvalue weighted by Crippen LogP contribution is -2.46. The number of hydrogen-bond acceptors (Lipinski definition) is 4. The molecule has 0 heterocycles. The summed E-state index contributed by atoms with van der Waals surface area (Å²) in [7, 11) is 1.58. The van der Waals surface area contributed by atoms with E-state index in [2.05, 4.69) is 0 Å². The normalized spacial score (nSPS) is 19.2. The standard InChI is InChI=1S/C11H21NO3S/c1-15-12(9-5-3-4-6-9)10(11(13)14)7-8-16-2/h9-10H,3-8H2,1-2H3,(H,13,14)/t10-/m0/s1. The van der Waals surface area contributed by atoms with Crippen LogP contribution in [0.15, 0.2) is 0 Å². The van der Waals surface area contributed by atoms with Crippen molar-refractivity contribution in [3.8, 4) is 0 Å². The second-order valence-electron chi connectivity index (χ2n) is 4.12. The zero-order chi connectivity index (χ0) is 12.0. The number of carboxylic acid groups (broad SMARTS) is 1. The summed E-state index contributed by atoms with van der Waals surface area (Å²) in [4.78, 5) is 16.5. The largest absolute Gasteiger partial charge is 0.480 e. The van der Waals surface area contributed by atoms with E-state index in [1.807, 2.05) is 6.26 Å². The average molecular weight is 247 g/mol. The molecule has 1 N–H and O–H groups in total. The second-order valence-corrected chi connectivity index (χ2v) is 5.10. The molecule has 16 heavy (non-hydrogen) atoms. The van der Waals surface area contributed by atoms with E-state index in [0.29, 0.717) is 6.42 Å². The van der Waals surface area contributed by atoms with E-state index in [0.717, 1.165) is 18.6 Å². The number of aliphatic carboxylic acids is 1. The average Bonchev–Trinajstić information content (AvgIpc) is 2.76. The van der Waals surface area contributed by atoms with Crippen molar-refractivity contribution in [3.63, 3.8) is 0 Å². The molecule has 1 saturated carbocycles. The van der Waals surface area contributed by atoms with Crippen LogP contribution < -0.4 is 0 Å². The summed E-state index contributed by atoms with van der Waals surface area (Å²) in [6, 6.07) is -0.214.